The summed E-state index contributed by atoms with van der Waals surface area (Å²) in [4.78, 5) is 27.8. The Morgan fingerprint density at radius 1 is 1.00 bits per heavy atom. The molecule has 0 bridgehead atoms. The van der Waals surface area contributed by atoms with Gasteiger partial charge in [-0.2, -0.15) is 0 Å². The molecule has 3 aromatic carbocycles. The molecule has 0 saturated carbocycles. The lowest BCUT2D eigenvalue weighted by molar-refractivity contribution is -0.122. The summed E-state index contributed by atoms with van der Waals surface area (Å²) in [6, 6.07) is 20.4. The number of fused-ring (bicyclic) bond motifs is 1. The molecule has 9 heteroatoms. The fourth-order valence-electron chi connectivity index (χ4n) is 4.33. The average molecular weight is 532 g/mol. The van der Waals surface area contributed by atoms with Crippen LogP contribution in [0, 0.1) is 0 Å². The van der Waals surface area contributed by atoms with Crippen molar-refractivity contribution in [3.8, 4) is 11.5 Å². The Morgan fingerprint density at radius 2 is 1.76 bits per heavy atom. The van der Waals surface area contributed by atoms with Gasteiger partial charge in [0.25, 0.3) is 11.8 Å². The van der Waals surface area contributed by atoms with Crippen molar-refractivity contribution in [2.24, 2.45) is 0 Å². The first-order valence-electron chi connectivity index (χ1n) is 11.4. The highest BCUT2D eigenvalue weighted by Crippen LogP contribution is 2.35. The van der Waals surface area contributed by atoms with Gasteiger partial charge in [-0.15, -0.1) is 0 Å². The van der Waals surface area contributed by atoms with E-state index in [0.717, 1.165) is 22.0 Å². The van der Waals surface area contributed by atoms with E-state index in [4.69, 9.17) is 33.3 Å². The lowest BCUT2D eigenvalue weighted by Gasteiger charge is -2.30. The molecule has 2 heterocycles. The molecule has 2 amide bonds. The first kappa shape index (κ1) is 24.5. The van der Waals surface area contributed by atoms with Crippen LogP contribution in [0.5, 0.6) is 11.5 Å². The third kappa shape index (κ3) is 4.57. The first-order valence-corrected chi connectivity index (χ1v) is 12.1. The van der Waals surface area contributed by atoms with Gasteiger partial charge in [0.15, 0.2) is 5.11 Å². The van der Waals surface area contributed by atoms with Gasteiger partial charge in [0.05, 0.1) is 19.9 Å². The number of halogens is 1. The zero-order chi connectivity index (χ0) is 26.1. The van der Waals surface area contributed by atoms with Gasteiger partial charge in [0, 0.05) is 40.3 Å². The van der Waals surface area contributed by atoms with Gasteiger partial charge in [-0.25, -0.2) is 4.90 Å². The molecule has 1 aliphatic heterocycles. The van der Waals surface area contributed by atoms with Crippen molar-refractivity contribution in [1.29, 1.82) is 0 Å². The minimum Gasteiger partial charge on any atom is -0.497 e. The third-order valence-electron chi connectivity index (χ3n) is 6.15. The molecule has 0 spiro atoms. The normalized spacial score (nSPS) is 14.8. The fourth-order valence-corrected chi connectivity index (χ4v) is 4.80. The van der Waals surface area contributed by atoms with E-state index in [-0.39, 0.29) is 10.7 Å². The smallest absolute Gasteiger partial charge is 0.270 e. The van der Waals surface area contributed by atoms with E-state index in [1.807, 2.05) is 59.3 Å². The number of carbonyl (C=O) groups is 2. The van der Waals surface area contributed by atoms with Gasteiger partial charge in [-0.3, -0.25) is 14.9 Å². The number of aromatic nitrogens is 1. The molecule has 1 aromatic heterocycles. The Morgan fingerprint density at radius 3 is 2.51 bits per heavy atom. The van der Waals surface area contributed by atoms with Crippen LogP contribution in [-0.4, -0.2) is 35.7 Å². The Balaban J connectivity index is 1.58. The van der Waals surface area contributed by atoms with E-state index in [9.17, 15) is 9.59 Å². The van der Waals surface area contributed by atoms with Gasteiger partial charge < -0.3 is 14.0 Å². The second-order valence-corrected chi connectivity index (χ2v) is 9.11. The Bertz CT molecular complexity index is 1590. The van der Waals surface area contributed by atoms with Crippen molar-refractivity contribution in [3.63, 3.8) is 0 Å². The number of nitrogens with zero attached hydrogens (tertiary/aromatic N) is 2. The van der Waals surface area contributed by atoms with Crippen molar-refractivity contribution < 1.29 is 19.1 Å². The number of ether oxygens (including phenoxy) is 2. The molecule has 1 aliphatic rings. The van der Waals surface area contributed by atoms with E-state index in [0.29, 0.717) is 28.8 Å². The molecule has 0 radical (unpaired) electrons. The average Bonchev–Trinajstić information content (AvgIpc) is 3.25. The number of hydrogen-bond acceptors (Lipinski definition) is 5. The largest absolute Gasteiger partial charge is 0.497 e. The summed E-state index contributed by atoms with van der Waals surface area (Å²) < 4.78 is 12.8. The topological polar surface area (TPSA) is 72.8 Å². The molecule has 5 rings (SSSR count). The van der Waals surface area contributed by atoms with Crippen molar-refractivity contribution in [3.05, 3.63) is 94.6 Å². The summed E-state index contributed by atoms with van der Waals surface area (Å²) in [6.07, 6.45) is 3.50. The second-order valence-electron chi connectivity index (χ2n) is 8.32. The highest BCUT2D eigenvalue weighted by Gasteiger charge is 2.36. The van der Waals surface area contributed by atoms with Crippen molar-refractivity contribution in [1.82, 2.24) is 9.88 Å². The van der Waals surface area contributed by atoms with E-state index < -0.39 is 11.8 Å². The summed E-state index contributed by atoms with van der Waals surface area (Å²) >= 11 is 11.8. The van der Waals surface area contributed by atoms with Gasteiger partial charge >= 0.3 is 0 Å². The lowest BCUT2D eigenvalue weighted by Crippen LogP contribution is -2.54. The monoisotopic (exact) mass is 531 g/mol. The zero-order valence-corrected chi connectivity index (χ0v) is 21.6. The molecule has 1 N–H and O–H groups in total. The predicted octanol–water partition coefficient (Wildman–Crippen LogP) is 5.19. The molecule has 0 unspecified atom stereocenters. The number of nitrogens with one attached hydrogen (secondary N) is 1. The zero-order valence-electron chi connectivity index (χ0n) is 20.0. The molecule has 7 nitrogen and oxygen atoms in total. The fraction of sp³-hybridized carbons (Fsp3) is 0.107. The number of methoxy groups -OCH3 is 2. The maximum absolute atomic E-state index is 13.7. The predicted molar refractivity (Wildman–Crippen MR) is 148 cm³/mol. The second kappa shape index (κ2) is 10.1. The highest BCUT2D eigenvalue weighted by atomic mass is 35.5. The van der Waals surface area contributed by atoms with Crippen LogP contribution < -0.4 is 19.7 Å². The molecule has 4 aromatic rings. The number of carbonyl (C=O) groups excluding carboxylic acids is 2. The molecule has 37 heavy (non-hydrogen) atoms. The van der Waals surface area contributed by atoms with Crippen LogP contribution in [0.1, 0.15) is 11.1 Å². The Kier molecular flexibility index (Phi) is 6.69. The summed E-state index contributed by atoms with van der Waals surface area (Å²) in [7, 11) is 3.02. The number of benzene rings is 3. The van der Waals surface area contributed by atoms with Crippen LogP contribution >= 0.6 is 23.8 Å². The Hall–Kier alpha value is -4.14. The van der Waals surface area contributed by atoms with E-state index >= 15 is 0 Å². The van der Waals surface area contributed by atoms with Crippen LogP contribution in [0.25, 0.3) is 17.0 Å². The number of amides is 2. The third-order valence-corrected chi connectivity index (χ3v) is 6.80. The van der Waals surface area contributed by atoms with Gasteiger partial charge in [0.2, 0.25) is 0 Å². The maximum atomic E-state index is 13.7. The summed E-state index contributed by atoms with van der Waals surface area (Å²) in [6.45, 7) is 0.531. The lowest BCUT2D eigenvalue weighted by atomic mass is 10.1. The minimum absolute atomic E-state index is 0.0308. The molecule has 1 saturated heterocycles. The molecule has 0 atom stereocenters. The van der Waals surface area contributed by atoms with E-state index in [2.05, 4.69) is 5.32 Å². The number of anilines is 1. The number of para-hydroxylation sites is 1. The van der Waals surface area contributed by atoms with Crippen LogP contribution in [0.3, 0.4) is 0 Å². The van der Waals surface area contributed by atoms with Crippen molar-refractivity contribution in [2.45, 2.75) is 6.54 Å². The van der Waals surface area contributed by atoms with Crippen LogP contribution in [0.4, 0.5) is 5.69 Å². The van der Waals surface area contributed by atoms with Gasteiger partial charge in [-0.1, -0.05) is 48.0 Å². The molecular weight excluding hydrogens is 510 g/mol. The number of thiocarbonyl (C=S) groups is 1. The van der Waals surface area contributed by atoms with Gasteiger partial charge in [-0.05, 0) is 48.1 Å². The molecule has 186 valence electrons. The van der Waals surface area contributed by atoms with Crippen molar-refractivity contribution in [2.75, 3.05) is 19.1 Å². The standard InChI is InChI=1S/C28H22ClN3O4S/c1-35-19-11-12-24(25(14-19)36-2)32-27(34)21(26(33)30-28(32)37)13-18-16-31(23-10-6-4-8-20(18)23)15-17-7-3-5-9-22(17)29/h3-14,16H,15H2,1-2H3,(H,30,33,37)/b21-13+. The quantitative estimate of drug-likeness (QED) is 0.210. The summed E-state index contributed by atoms with van der Waals surface area (Å²) in [5, 5.41) is 4.16. The van der Waals surface area contributed by atoms with Crippen LogP contribution in [0.2, 0.25) is 5.02 Å². The maximum Gasteiger partial charge on any atom is 0.270 e. The Labute approximate surface area is 223 Å². The van der Waals surface area contributed by atoms with Crippen LogP contribution in [-0.2, 0) is 16.1 Å². The van der Waals surface area contributed by atoms with E-state index in [1.54, 1.807) is 24.3 Å². The van der Waals surface area contributed by atoms with Crippen LogP contribution in [0.15, 0.2) is 78.5 Å². The SMILES string of the molecule is COc1ccc(N2C(=O)/C(=C/c3cn(Cc4ccccc4Cl)c4ccccc34)C(=O)NC2=S)c(OC)c1. The molecule has 1 fully saturated rings. The minimum atomic E-state index is -0.568. The van der Waals surface area contributed by atoms with Crippen molar-refractivity contribution >= 4 is 63.4 Å². The first-order chi connectivity index (χ1) is 17.9. The molecule has 0 aliphatic carbocycles. The summed E-state index contributed by atoms with van der Waals surface area (Å²) in [5.74, 6) is -0.189. The summed E-state index contributed by atoms with van der Waals surface area (Å²) in [5.41, 5.74) is 2.97. The number of rotatable bonds is 6. The highest BCUT2D eigenvalue weighted by molar-refractivity contribution is 7.80. The van der Waals surface area contributed by atoms with E-state index in [1.165, 1.54) is 19.1 Å². The molecular formula is C28H22ClN3O4S. The number of hydrogen-bond donors (Lipinski definition) is 1. The van der Waals surface area contributed by atoms with Gasteiger partial charge in [0.1, 0.15) is 17.1 Å².